The average Bonchev–Trinajstić information content (AvgIpc) is 2.96. The van der Waals surface area contributed by atoms with Crippen LogP contribution in [0.4, 0.5) is 4.79 Å². The summed E-state index contributed by atoms with van der Waals surface area (Å²) in [4.78, 5) is 14.7. The first-order chi connectivity index (χ1) is 12.6. The summed E-state index contributed by atoms with van der Waals surface area (Å²) in [5.74, 6) is 1.33. The Bertz CT molecular complexity index is 815. The Morgan fingerprint density at radius 1 is 1.22 bits per heavy atom. The summed E-state index contributed by atoms with van der Waals surface area (Å²) in [6, 6.07) is 5.64. The summed E-state index contributed by atoms with van der Waals surface area (Å²) >= 11 is 0. The van der Waals surface area contributed by atoms with E-state index in [0.717, 1.165) is 35.2 Å². The highest BCUT2D eigenvalue weighted by Gasteiger charge is 2.19. The minimum atomic E-state index is -0.483. The molecule has 27 heavy (non-hydrogen) atoms. The molecule has 0 saturated heterocycles. The van der Waals surface area contributed by atoms with E-state index in [-0.39, 0.29) is 12.2 Å². The first-order valence-corrected chi connectivity index (χ1v) is 8.95. The van der Waals surface area contributed by atoms with E-state index in [0.29, 0.717) is 5.76 Å². The van der Waals surface area contributed by atoms with E-state index >= 15 is 0 Å². The van der Waals surface area contributed by atoms with Crippen LogP contribution < -0.4 is 4.74 Å². The van der Waals surface area contributed by atoms with Gasteiger partial charge in [0.2, 0.25) is 6.79 Å². The Hall–Kier alpha value is -2.47. The molecule has 0 aliphatic heterocycles. The summed E-state index contributed by atoms with van der Waals surface area (Å²) in [6.45, 7) is 10.5. The number of rotatable bonds is 7. The number of likely N-dealkylation sites (N-methyl/N-ethyl adjacent to an activating group) is 1. The van der Waals surface area contributed by atoms with Crippen LogP contribution in [-0.2, 0) is 15.9 Å². The van der Waals surface area contributed by atoms with E-state index in [1.165, 1.54) is 4.57 Å². The fourth-order valence-corrected chi connectivity index (χ4v) is 2.54. The number of allylic oxidation sites excluding steroid dienone is 1. The molecule has 0 aliphatic rings. The van der Waals surface area contributed by atoms with Gasteiger partial charge in [0.15, 0.2) is 0 Å². The van der Waals surface area contributed by atoms with Crippen LogP contribution in [0.15, 0.2) is 36.7 Å². The Kier molecular flexibility index (Phi) is 6.54. The van der Waals surface area contributed by atoms with E-state index in [9.17, 15) is 4.79 Å². The van der Waals surface area contributed by atoms with E-state index in [1.807, 2.05) is 59.3 Å². The van der Waals surface area contributed by atoms with E-state index in [1.54, 1.807) is 7.11 Å². The van der Waals surface area contributed by atoms with Crippen molar-refractivity contribution in [2.24, 2.45) is 5.41 Å². The van der Waals surface area contributed by atoms with Crippen LogP contribution in [0.1, 0.15) is 26.3 Å². The zero-order valence-electron chi connectivity index (χ0n) is 17.2. The fraction of sp³-hybridized carbons (Fsp3) is 0.476. The lowest BCUT2D eigenvalue weighted by Crippen LogP contribution is -2.18. The third-order valence-electron chi connectivity index (χ3n) is 4.37. The Labute approximate surface area is 161 Å². The molecule has 0 unspecified atom stereocenters. The first kappa shape index (κ1) is 20.8. The molecule has 0 aliphatic carbocycles. The largest absolute Gasteiger partial charge is 0.497 e. The molecule has 0 spiro atoms. The fourth-order valence-electron chi connectivity index (χ4n) is 2.54. The molecule has 2 rings (SSSR count). The second-order valence-corrected chi connectivity index (χ2v) is 7.81. The van der Waals surface area contributed by atoms with Crippen LogP contribution >= 0.6 is 0 Å². The van der Waals surface area contributed by atoms with Crippen LogP contribution in [0.5, 0.6) is 5.75 Å². The Morgan fingerprint density at radius 3 is 2.52 bits per heavy atom. The molecule has 1 aromatic carbocycles. The number of fused-ring (bicyclic) bond motifs is 1. The van der Waals surface area contributed by atoms with E-state index in [4.69, 9.17) is 14.2 Å². The predicted molar refractivity (Wildman–Crippen MR) is 107 cm³/mol. The Balaban J connectivity index is 2.21. The molecule has 0 atom stereocenters. The van der Waals surface area contributed by atoms with Crippen molar-refractivity contribution in [3.63, 3.8) is 0 Å². The monoisotopic (exact) mass is 374 g/mol. The maximum atomic E-state index is 12.6. The number of methoxy groups -OCH3 is 1. The molecule has 0 amide bonds. The lowest BCUT2D eigenvalue weighted by Gasteiger charge is -2.21. The van der Waals surface area contributed by atoms with Gasteiger partial charge in [-0.05, 0) is 44.3 Å². The number of carbonyl (C=O) groups is 1. The first-order valence-electron chi connectivity index (χ1n) is 8.95. The predicted octanol–water partition coefficient (Wildman–Crippen LogP) is 4.27. The highest BCUT2D eigenvalue weighted by Crippen LogP contribution is 2.27. The molecule has 0 N–H and O–H groups in total. The molecular weight excluding hydrogens is 344 g/mol. The molecule has 1 heterocycles. The van der Waals surface area contributed by atoms with Crippen molar-refractivity contribution in [2.75, 3.05) is 34.5 Å². The quantitative estimate of drug-likeness (QED) is 0.535. The van der Waals surface area contributed by atoms with Gasteiger partial charge in [-0.1, -0.05) is 27.4 Å². The molecule has 148 valence electrons. The maximum absolute atomic E-state index is 12.6. The van der Waals surface area contributed by atoms with E-state index < -0.39 is 6.09 Å². The number of hydrogen-bond acceptors (Lipinski definition) is 5. The molecule has 0 saturated carbocycles. The second kappa shape index (κ2) is 8.48. The van der Waals surface area contributed by atoms with Gasteiger partial charge in [0, 0.05) is 23.5 Å². The van der Waals surface area contributed by atoms with E-state index in [2.05, 4.69) is 11.5 Å². The van der Waals surface area contributed by atoms with Crippen molar-refractivity contribution in [1.82, 2.24) is 9.47 Å². The average molecular weight is 374 g/mol. The third kappa shape index (κ3) is 5.26. The van der Waals surface area contributed by atoms with Gasteiger partial charge in [-0.25, -0.2) is 4.79 Å². The van der Waals surface area contributed by atoms with Crippen LogP contribution in [0.2, 0.25) is 0 Å². The number of aromatic nitrogens is 1. The van der Waals surface area contributed by atoms with Gasteiger partial charge in [-0.2, -0.15) is 0 Å². The van der Waals surface area contributed by atoms with Crippen LogP contribution in [-0.4, -0.2) is 50.1 Å². The van der Waals surface area contributed by atoms with Crippen molar-refractivity contribution >= 4 is 17.0 Å². The molecule has 0 fully saturated rings. The lowest BCUT2D eigenvalue weighted by atomic mass is 9.95. The van der Waals surface area contributed by atoms with Gasteiger partial charge in [0.05, 0.1) is 18.4 Å². The SMILES string of the molecule is C=C(OCOC(=O)n1cc(CCN(C)C)c2cc(OC)ccc21)C(C)(C)C. The van der Waals surface area contributed by atoms with Gasteiger partial charge < -0.3 is 19.1 Å². The minimum Gasteiger partial charge on any atom is -0.497 e. The summed E-state index contributed by atoms with van der Waals surface area (Å²) in [5.41, 5.74) is 1.64. The zero-order valence-corrected chi connectivity index (χ0v) is 17.2. The van der Waals surface area contributed by atoms with Crippen LogP contribution in [0, 0.1) is 5.41 Å². The standard InChI is InChI=1S/C21H30N2O4/c1-15(21(2,3)4)26-14-27-20(24)23-13-16(10-11-22(5)6)18-12-17(25-7)8-9-19(18)23/h8-9,12-13H,1,10-11,14H2,2-7H3. The van der Waals surface area contributed by atoms with Crippen LogP contribution in [0.25, 0.3) is 10.9 Å². The summed E-state index contributed by atoms with van der Waals surface area (Å²) in [7, 11) is 5.67. The van der Waals surface area contributed by atoms with Gasteiger partial charge >= 0.3 is 6.09 Å². The smallest absolute Gasteiger partial charge is 0.421 e. The zero-order chi connectivity index (χ0) is 20.2. The third-order valence-corrected chi connectivity index (χ3v) is 4.37. The summed E-state index contributed by atoms with van der Waals surface area (Å²) < 4.78 is 17.6. The number of hydrogen-bond donors (Lipinski definition) is 0. The van der Waals surface area contributed by atoms with Crippen LogP contribution in [0.3, 0.4) is 0 Å². The molecule has 6 heteroatoms. The summed E-state index contributed by atoms with van der Waals surface area (Å²) in [5, 5.41) is 0.980. The summed E-state index contributed by atoms with van der Waals surface area (Å²) in [6.07, 6.45) is 2.16. The number of nitrogens with zero attached hydrogens (tertiary/aromatic N) is 2. The normalized spacial score (nSPS) is 11.7. The van der Waals surface area contributed by atoms with Crippen molar-refractivity contribution in [1.29, 1.82) is 0 Å². The molecular formula is C21H30N2O4. The number of carbonyl (C=O) groups excluding carboxylic acids is 1. The van der Waals surface area contributed by atoms with Gasteiger partial charge in [-0.15, -0.1) is 0 Å². The van der Waals surface area contributed by atoms with Crippen molar-refractivity contribution < 1.29 is 19.0 Å². The lowest BCUT2D eigenvalue weighted by molar-refractivity contribution is 0.00338. The highest BCUT2D eigenvalue weighted by molar-refractivity contribution is 5.92. The molecule has 6 nitrogen and oxygen atoms in total. The van der Waals surface area contributed by atoms with Gasteiger partial charge in [0.1, 0.15) is 5.75 Å². The number of benzene rings is 1. The molecule has 2 aromatic rings. The topological polar surface area (TPSA) is 52.9 Å². The number of ether oxygens (including phenoxy) is 3. The van der Waals surface area contributed by atoms with Crippen molar-refractivity contribution in [2.45, 2.75) is 27.2 Å². The molecule has 0 bridgehead atoms. The Morgan fingerprint density at radius 2 is 1.93 bits per heavy atom. The van der Waals surface area contributed by atoms with Crippen molar-refractivity contribution in [3.8, 4) is 5.75 Å². The van der Waals surface area contributed by atoms with Gasteiger partial charge in [0.25, 0.3) is 0 Å². The molecule has 0 radical (unpaired) electrons. The maximum Gasteiger partial charge on any atom is 0.421 e. The minimum absolute atomic E-state index is 0.169. The second-order valence-electron chi connectivity index (χ2n) is 7.81. The van der Waals surface area contributed by atoms with Crippen molar-refractivity contribution in [3.05, 3.63) is 42.3 Å². The molecule has 1 aromatic heterocycles. The van der Waals surface area contributed by atoms with Gasteiger partial charge in [-0.3, -0.25) is 4.57 Å². The highest BCUT2D eigenvalue weighted by atomic mass is 16.7.